The molecule has 0 aliphatic carbocycles. The molecular formula is C17H24N2O5. The van der Waals surface area contributed by atoms with E-state index in [1.165, 1.54) is 0 Å². The Morgan fingerprint density at radius 1 is 1.29 bits per heavy atom. The summed E-state index contributed by atoms with van der Waals surface area (Å²) < 4.78 is 22.0. The molecule has 2 heterocycles. The van der Waals surface area contributed by atoms with Crippen molar-refractivity contribution < 1.29 is 23.7 Å². The number of benzene rings is 1. The van der Waals surface area contributed by atoms with Gasteiger partial charge in [-0.15, -0.1) is 0 Å². The van der Waals surface area contributed by atoms with Crippen LogP contribution in [0, 0.1) is 5.92 Å². The van der Waals surface area contributed by atoms with Crippen molar-refractivity contribution in [2.24, 2.45) is 5.92 Å². The number of hydrogen-bond donors (Lipinski definition) is 2. The molecule has 132 valence electrons. The van der Waals surface area contributed by atoms with E-state index >= 15 is 0 Å². The number of rotatable bonds is 5. The zero-order chi connectivity index (χ0) is 16.9. The van der Waals surface area contributed by atoms with Crippen LogP contribution in [-0.2, 0) is 4.74 Å². The first kappa shape index (κ1) is 16.9. The zero-order valence-corrected chi connectivity index (χ0v) is 14.1. The maximum absolute atomic E-state index is 12.6. The molecule has 2 atom stereocenters. The van der Waals surface area contributed by atoms with Gasteiger partial charge in [0.05, 0.1) is 18.8 Å². The number of methoxy groups -OCH3 is 2. The monoisotopic (exact) mass is 336 g/mol. The number of carbonyl (C=O) groups is 1. The third-order valence-electron chi connectivity index (χ3n) is 4.51. The molecule has 1 aromatic rings. The van der Waals surface area contributed by atoms with Gasteiger partial charge in [-0.25, -0.2) is 0 Å². The summed E-state index contributed by atoms with van der Waals surface area (Å²) in [5.74, 6) is 1.64. The molecule has 24 heavy (non-hydrogen) atoms. The first-order chi connectivity index (χ1) is 11.7. The smallest absolute Gasteiger partial charge is 0.255 e. The first-order valence-electron chi connectivity index (χ1n) is 8.23. The predicted molar refractivity (Wildman–Crippen MR) is 88.1 cm³/mol. The van der Waals surface area contributed by atoms with Gasteiger partial charge in [0, 0.05) is 26.1 Å². The maximum atomic E-state index is 12.6. The average Bonchev–Trinajstić information content (AvgIpc) is 2.65. The summed E-state index contributed by atoms with van der Waals surface area (Å²) in [5.41, 5.74) is 0.466. The Hall–Kier alpha value is -1.99. The lowest BCUT2D eigenvalue weighted by Gasteiger charge is -2.31. The molecule has 2 aliphatic heterocycles. The number of carbonyl (C=O) groups excluding carboxylic acids is 1. The van der Waals surface area contributed by atoms with E-state index in [-0.39, 0.29) is 12.0 Å². The molecule has 0 saturated carbocycles. The number of fused-ring (bicyclic) bond motifs is 1. The van der Waals surface area contributed by atoms with Gasteiger partial charge in [-0.3, -0.25) is 4.79 Å². The Morgan fingerprint density at radius 3 is 2.83 bits per heavy atom. The van der Waals surface area contributed by atoms with Crippen molar-refractivity contribution in [1.29, 1.82) is 0 Å². The minimum absolute atomic E-state index is 0.114. The van der Waals surface area contributed by atoms with E-state index in [9.17, 15) is 4.79 Å². The third kappa shape index (κ3) is 3.42. The number of nitrogens with one attached hydrogen (secondary N) is 2. The van der Waals surface area contributed by atoms with Crippen LogP contribution in [0.1, 0.15) is 16.8 Å². The van der Waals surface area contributed by atoms with Gasteiger partial charge in [-0.2, -0.15) is 0 Å². The molecule has 0 bridgehead atoms. The summed E-state index contributed by atoms with van der Waals surface area (Å²) in [4.78, 5) is 12.6. The molecule has 3 rings (SSSR count). The fourth-order valence-electron chi connectivity index (χ4n) is 3.16. The van der Waals surface area contributed by atoms with Crippen molar-refractivity contribution in [3.63, 3.8) is 0 Å². The van der Waals surface area contributed by atoms with E-state index in [0.717, 1.165) is 19.5 Å². The number of hydrogen-bond acceptors (Lipinski definition) is 6. The van der Waals surface area contributed by atoms with Gasteiger partial charge in [0.25, 0.3) is 5.91 Å². The Kier molecular flexibility index (Phi) is 5.42. The predicted octanol–water partition coefficient (Wildman–Crippen LogP) is 0.821. The van der Waals surface area contributed by atoms with Gasteiger partial charge < -0.3 is 29.6 Å². The SMILES string of the molecule is COc1ccc(C(=O)NC[C@@H]2CCNCC2OC)c2c1OCCO2. The van der Waals surface area contributed by atoms with Gasteiger partial charge in [-0.1, -0.05) is 0 Å². The summed E-state index contributed by atoms with van der Waals surface area (Å²) in [6, 6.07) is 3.43. The van der Waals surface area contributed by atoms with Crippen molar-refractivity contribution in [3.8, 4) is 17.2 Å². The number of piperidine rings is 1. The van der Waals surface area contributed by atoms with E-state index in [2.05, 4.69) is 10.6 Å². The molecule has 2 aliphatic rings. The van der Waals surface area contributed by atoms with Crippen LogP contribution in [-0.4, -0.2) is 59.1 Å². The fourth-order valence-corrected chi connectivity index (χ4v) is 3.16. The molecule has 0 spiro atoms. The highest BCUT2D eigenvalue weighted by Crippen LogP contribution is 2.41. The van der Waals surface area contributed by atoms with Gasteiger partial charge >= 0.3 is 0 Å². The molecular weight excluding hydrogens is 312 g/mol. The zero-order valence-electron chi connectivity index (χ0n) is 14.1. The molecule has 7 heteroatoms. The molecule has 0 aromatic heterocycles. The largest absolute Gasteiger partial charge is 0.493 e. The van der Waals surface area contributed by atoms with Gasteiger partial charge in [0.15, 0.2) is 11.5 Å². The molecule has 1 saturated heterocycles. The van der Waals surface area contributed by atoms with Crippen molar-refractivity contribution in [1.82, 2.24) is 10.6 Å². The molecule has 1 fully saturated rings. The Bertz CT molecular complexity index is 593. The second kappa shape index (κ2) is 7.72. The summed E-state index contributed by atoms with van der Waals surface area (Å²) in [5, 5.41) is 6.30. The first-order valence-corrected chi connectivity index (χ1v) is 8.23. The minimum Gasteiger partial charge on any atom is -0.493 e. The van der Waals surface area contributed by atoms with Gasteiger partial charge in [-0.05, 0) is 25.1 Å². The molecule has 1 unspecified atom stereocenters. The molecule has 0 radical (unpaired) electrons. The minimum atomic E-state index is -0.173. The van der Waals surface area contributed by atoms with Crippen molar-refractivity contribution >= 4 is 5.91 Å². The highest BCUT2D eigenvalue weighted by atomic mass is 16.6. The quantitative estimate of drug-likeness (QED) is 0.829. The number of ether oxygens (including phenoxy) is 4. The normalized spacial score (nSPS) is 22.8. The molecule has 1 aromatic carbocycles. The fraction of sp³-hybridized carbons (Fsp3) is 0.588. The summed E-state index contributed by atoms with van der Waals surface area (Å²) in [7, 11) is 3.27. The van der Waals surface area contributed by atoms with E-state index in [0.29, 0.717) is 48.5 Å². The Morgan fingerprint density at radius 2 is 2.08 bits per heavy atom. The lowest BCUT2D eigenvalue weighted by molar-refractivity contribution is 0.0337. The van der Waals surface area contributed by atoms with Crippen LogP contribution in [0.4, 0.5) is 0 Å². The van der Waals surface area contributed by atoms with Crippen LogP contribution in [0.25, 0.3) is 0 Å². The van der Waals surface area contributed by atoms with E-state index in [1.54, 1.807) is 26.4 Å². The van der Waals surface area contributed by atoms with E-state index in [1.807, 2.05) is 0 Å². The van der Waals surface area contributed by atoms with Crippen LogP contribution in [0.5, 0.6) is 17.2 Å². The second-order valence-corrected chi connectivity index (χ2v) is 5.91. The van der Waals surface area contributed by atoms with Crippen molar-refractivity contribution in [2.45, 2.75) is 12.5 Å². The van der Waals surface area contributed by atoms with Crippen LogP contribution >= 0.6 is 0 Å². The highest BCUT2D eigenvalue weighted by Gasteiger charge is 2.27. The highest BCUT2D eigenvalue weighted by molar-refractivity contribution is 5.98. The summed E-state index contributed by atoms with van der Waals surface area (Å²) in [6.07, 6.45) is 1.09. The molecule has 1 amide bonds. The van der Waals surface area contributed by atoms with Crippen molar-refractivity contribution in [3.05, 3.63) is 17.7 Å². The standard InChI is InChI=1S/C17H24N2O5/c1-21-13-4-3-12(15-16(13)24-8-7-23-15)17(20)19-9-11-5-6-18-10-14(11)22-2/h3-4,11,14,18H,5-10H2,1-2H3,(H,19,20)/t11-,14?/m0/s1. The van der Waals surface area contributed by atoms with Gasteiger partial charge in [0.1, 0.15) is 13.2 Å². The molecule has 7 nitrogen and oxygen atoms in total. The maximum Gasteiger partial charge on any atom is 0.255 e. The molecule has 2 N–H and O–H groups in total. The number of amides is 1. The Labute approximate surface area is 141 Å². The van der Waals surface area contributed by atoms with Crippen LogP contribution in [0.2, 0.25) is 0 Å². The van der Waals surface area contributed by atoms with E-state index < -0.39 is 0 Å². The average molecular weight is 336 g/mol. The third-order valence-corrected chi connectivity index (χ3v) is 4.51. The summed E-state index contributed by atoms with van der Waals surface area (Å²) >= 11 is 0. The van der Waals surface area contributed by atoms with Crippen LogP contribution in [0.15, 0.2) is 12.1 Å². The topological polar surface area (TPSA) is 78.1 Å². The van der Waals surface area contributed by atoms with Crippen LogP contribution < -0.4 is 24.8 Å². The Balaban J connectivity index is 1.71. The summed E-state index contributed by atoms with van der Waals surface area (Å²) in [6.45, 7) is 3.18. The van der Waals surface area contributed by atoms with Crippen LogP contribution in [0.3, 0.4) is 0 Å². The lowest BCUT2D eigenvalue weighted by Crippen LogP contribution is -2.46. The van der Waals surface area contributed by atoms with Crippen molar-refractivity contribution in [2.75, 3.05) is 47.1 Å². The second-order valence-electron chi connectivity index (χ2n) is 5.91. The van der Waals surface area contributed by atoms with E-state index in [4.69, 9.17) is 18.9 Å². The lowest BCUT2D eigenvalue weighted by atomic mass is 9.95. The van der Waals surface area contributed by atoms with Gasteiger partial charge in [0.2, 0.25) is 5.75 Å².